The maximum Gasteiger partial charge on any atom is 0.259 e. The van der Waals surface area contributed by atoms with Crippen molar-refractivity contribution in [3.05, 3.63) is 34.8 Å². The lowest BCUT2D eigenvalue weighted by Gasteiger charge is -2.24. The largest absolute Gasteiger partial charge is 0.341 e. The number of pyridine rings is 1. The van der Waals surface area contributed by atoms with Crippen molar-refractivity contribution in [2.45, 2.75) is 39.0 Å². The van der Waals surface area contributed by atoms with Crippen molar-refractivity contribution < 1.29 is 14.1 Å². The van der Waals surface area contributed by atoms with Gasteiger partial charge in [0.05, 0.1) is 27.2 Å². The summed E-state index contributed by atoms with van der Waals surface area (Å²) in [5, 5.41) is 6.71. The summed E-state index contributed by atoms with van der Waals surface area (Å²) in [6, 6.07) is 5.80. The fourth-order valence-corrected chi connectivity index (χ4v) is 5.44. The third kappa shape index (κ3) is 3.84. The summed E-state index contributed by atoms with van der Waals surface area (Å²) in [7, 11) is 0. The lowest BCUT2D eigenvalue weighted by molar-refractivity contribution is -0.135. The molecule has 2 amide bonds. The molecule has 2 aliphatic rings. The summed E-state index contributed by atoms with van der Waals surface area (Å²) >= 11 is 1.57. The zero-order chi connectivity index (χ0) is 21.4. The molecule has 0 bridgehead atoms. The number of aryl methyl sites for hydroxylation is 1. The molecular weight excluding hydrogens is 412 g/mol. The summed E-state index contributed by atoms with van der Waals surface area (Å²) in [5.74, 6) is 0.398. The molecule has 0 N–H and O–H groups in total. The van der Waals surface area contributed by atoms with Gasteiger partial charge >= 0.3 is 0 Å². The monoisotopic (exact) mass is 438 g/mol. The normalized spacial score (nSPS) is 18.0. The van der Waals surface area contributed by atoms with Gasteiger partial charge in [0, 0.05) is 32.1 Å². The standard InChI is InChI=1S/C23H26N4O3S/c1-15-20-17(14-18(19-8-4-13-31-19)24-21(20)30-25-15)23(29)27-10-5-9-26(11-12-27)22(28)16-6-2-3-7-16/h4,8,13-14,16H,2-3,5-7,9-12H2,1H3. The van der Waals surface area contributed by atoms with Crippen molar-refractivity contribution in [1.29, 1.82) is 0 Å². The fraction of sp³-hybridized carbons (Fsp3) is 0.478. The van der Waals surface area contributed by atoms with E-state index < -0.39 is 0 Å². The molecule has 0 spiro atoms. The topological polar surface area (TPSA) is 79.5 Å². The first kappa shape index (κ1) is 20.2. The molecule has 0 atom stereocenters. The number of carbonyl (C=O) groups excluding carboxylic acids is 2. The van der Waals surface area contributed by atoms with Crippen LogP contribution in [0.25, 0.3) is 21.7 Å². The second kappa shape index (κ2) is 8.42. The van der Waals surface area contributed by atoms with Crippen LogP contribution in [0.2, 0.25) is 0 Å². The quantitative estimate of drug-likeness (QED) is 0.614. The van der Waals surface area contributed by atoms with Crippen LogP contribution in [0.5, 0.6) is 0 Å². The van der Waals surface area contributed by atoms with Gasteiger partial charge in [-0.05, 0) is 43.7 Å². The molecule has 3 aromatic rings. The third-order valence-electron chi connectivity index (χ3n) is 6.42. The van der Waals surface area contributed by atoms with E-state index in [0.717, 1.165) is 49.2 Å². The molecule has 5 rings (SSSR count). The summed E-state index contributed by atoms with van der Waals surface area (Å²) in [4.78, 5) is 35.8. The highest BCUT2D eigenvalue weighted by molar-refractivity contribution is 7.13. The minimum Gasteiger partial charge on any atom is -0.341 e. The van der Waals surface area contributed by atoms with Crippen LogP contribution in [0.15, 0.2) is 28.1 Å². The van der Waals surface area contributed by atoms with Crippen LogP contribution in [-0.2, 0) is 4.79 Å². The minimum atomic E-state index is -0.0494. The highest BCUT2D eigenvalue weighted by atomic mass is 32.1. The molecule has 0 aromatic carbocycles. The number of nitrogens with zero attached hydrogens (tertiary/aromatic N) is 4. The first-order valence-electron chi connectivity index (χ1n) is 11.0. The molecule has 1 aliphatic heterocycles. The molecule has 3 aromatic heterocycles. The van der Waals surface area contributed by atoms with E-state index in [9.17, 15) is 9.59 Å². The minimum absolute atomic E-state index is 0.0494. The molecular formula is C23H26N4O3S. The Morgan fingerprint density at radius 1 is 1.10 bits per heavy atom. The molecule has 0 unspecified atom stereocenters. The second-order valence-electron chi connectivity index (χ2n) is 8.43. The van der Waals surface area contributed by atoms with Crippen molar-refractivity contribution in [3.63, 3.8) is 0 Å². The molecule has 1 saturated heterocycles. The summed E-state index contributed by atoms with van der Waals surface area (Å²) in [6.45, 7) is 4.32. The predicted octanol–water partition coefficient (Wildman–Crippen LogP) is 4.12. The molecule has 31 heavy (non-hydrogen) atoms. The smallest absolute Gasteiger partial charge is 0.259 e. The number of rotatable bonds is 3. The van der Waals surface area contributed by atoms with Gasteiger partial charge in [-0.25, -0.2) is 4.98 Å². The Balaban J connectivity index is 1.40. The average molecular weight is 439 g/mol. The van der Waals surface area contributed by atoms with Crippen LogP contribution in [0.3, 0.4) is 0 Å². The first-order chi connectivity index (χ1) is 15.1. The molecule has 7 nitrogen and oxygen atoms in total. The van der Waals surface area contributed by atoms with E-state index in [1.165, 1.54) is 0 Å². The Hall–Kier alpha value is -2.74. The van der Waals surface area contributed by atoms with Crippen LogP contribution in [0.4, 0.5) is 0 Å². The van der Waals surface area contributed by atoms with Crippen molar-refractivity contribution >= 4 is 34.3 Å². The first-order valence-corrected chi connectivity index (χ1v) is 11.9. The number of amides is 2. The zero-order valence-electron chi connectivity index (χ0n) is 17.7. The highest BCUT2D eigenvalue weighted by Crippen LogP contribution is 2.31. The summed E-state index contributed by atoms with van der Waals surface area (Å²) in [5.41, 5.74) is 2.34. The van der Waals surface area contributed by atoms with Gasteiger partial charge in [-0.1, -0.05) is 24.1 Å². The number of hydrogen-bond donors (Lipinski definition) is 0. The molecule has 0 radical (unpaired) electrons. The maximum atomic E-state index is 13.6. The Bertz CT molecular complexity index is 1100. The number of carbonyl (C=O) groups is 2. The predicted molar refractivity (Wildman–Crippen MR) is 119 cm³/mol. The van der Waals surface area contributed by atoms with E-state index in [1.54, 1.807) is 11.3 Å². The van der Waals surface area contributed by atoms with Gasteiger partial charge < -0.3 is 14.3 Å². The fourth-order valence-electron chi connectivity index (χ4n) is 4.76. The number of aromatic nitrogens is 2. The van der Waals surface area contributed by atoms with Gasteiger partial charge in [0.25, 0.3) is 11.6 Å². The molecule has 1 aliphatic carbocycles. The van der Waals surface area contributed by atoms with Crippen LogP contribution >= 0.6 is 11.3 Å². The van der Waals surface area contributed by atoms with Gasteiger partial charge in [-0.2, -0.15) is 0 Å². The lowest BCUT2D eigenvalue weighted by atomic mass is 10.1. The van der Waals surface area contributed by atoms with Crippen LogP contribution in [0.1, 0.15) is 48.2 Å². The van der Waals surface area contributed by atoms with Crippen molar-refractivity contribution in [3.8, 4) is 10.6 Å². The number of hydrogen-bond acceptors (Lipinski definition) is 6. The highest BCUT2D eigenvalue weighted by Gasteiger charge is 2.30. The molecule has 1 saturated carbocycles. The summed E-state index contributed by atoms with van der Waals surface area (Å²) < 4.78 is 5.42. The third-order valence-corrected chi connectivity index (χ3v) is 7.31. The van der Waals surface area contributed by atoms with Gasteiger partial charge in [0.1, 0.15) is 0 Å². The molecule has 8 heteroatoms. The van der Waals surface area contributed by atoms with Crippen LogP contribution < -0.4 is 0 Å². The van der Waals surface area contributed by atoms with E-state index >= 15 is 0 Å². The summed E-state index contributed by atoms with van der Waals surface area (Å²) in [6.07, 6.45) is 5.10. The Labute approximate surface area is 185 Å². The van der Waals surface area contributed by atoms with Crippen LogP contribution in [0, 0.1) is 12.8 Å². The molecule has 4 heterocycles. The second-order valence-corrected chi connectivity index (χ2v) is 9.38. The van der Waals surface area contributed by atoms with Crippen molar-refractivity contribution in [1.82, 2.24) is 19.9 Å². The van der Waals surface area contributed by atoms with Crippen molar-refractivity contribution in [2.75, 3.05) is 26.2 Å². The van der Waals surface area contributed by atoms with Crippen LogP contribution in [-0.4, -0.2) is 57.9 Å². The Morgan fingerprint density at radius 2 is 1.87 bits per heavy atom. The SMILES string of the molecule is Cc1noc2nc(-c3cccs3)cc(C(=O)N3CCCN(C(=O)C4CCCC4)CC3)c12. The zero-order valence-corrected chi connectivity index (χ0v) is 18.5. The van der Waals surface area contributed by atoms with Crippen molar-refractivity contribution in [2.24, 2.45) is 5.92 Å². The van der Waals surface area contributed by atoms with Gasteiger partial charge in [-0.3, -0.25) is 9.59 Å². The van der Waals surface area contributed by atoms with Gasteiger partial charge in [0.2, 0.25) is 5.91 Å². The lowest BCUT2D eigenvalue weighted by Crippen LogP contribution is -2.39. The van der Waals surface area contributed by atoms with Gasteiger partial charge in [0.15, 0.2) is 0 Å². The molecule has 162 valence electrons. The maximum absolute atomic E-state index is 13.6. The average Bonchev–Trinajstić information content (AvgIpc) is 3.53. The Morgan fingerprint density at radius 3 is 2.65 bits per heavy atom. The van der Waals surface area contributed by atoms with E-state index in [2.05, 4.69) is 10.1 Å². The van der Waals surface area contributed by atoms with Gasteiger partial charge in [-0.15, -0.1) is 11.3 Å². The number of fused-ring (bicyclic) bond motifs is 1. The van der Waals surface area contributed by atoms with E-state index in [1.807, 2.05) is 40.3 Å². The molecule has 2 fully saturated rings. The van der Waals surface area contributed by atoms with E-state index in [0.29, 0.717) is 42.0 Å². The van der Waals surface area contributed by atoms with E-state index in [4.69, 9.17) is 4.52 Å². The number of thiophene rings is 1. The Kier molecular flexibility index (Phi) is 5.48. The van der Waals surface area contributed by atoms with E-state index in [-0.39, 0.29) is 17.7 Å².